The third-order valence-electron chi connectivity index (χ3n) is 2.52. The molecule has 100 valence electrons. The molecular weight excluding hydrogens is 234 g/mol. The lowest BCUT2D eigenvalue weighted by atomic mass is 10.3. The molecule has 0 aliphatic rings. The molecule has 0 atom stereocenters. The molecule has 0 fully saturated rings. The van der Waals surface area contributed by atoms with E-state index in [1.54, 1.807) is 17.1 Å². The fourth-order valence-corrected chi connectivity index (χ4v) is 1.48. The Morgan fingerprint density at radius 3 is 2.83 bits per heavy atom. The monoisotopic (exact) mass is 253 g/mol. The standard InChI is InChI=1S/C11H19N5O2/c1-3-16(7-10(17)13-2)11(18)9-6-15(5-4-12)8-14-9/h6,8H,3-5,7,12H2,1-2H3,(H,13,17). The van der Waals surface area contributed by atoms with E-state index in [2.05, 4.69) is 10.3 Å². The summed E-state index contributed by atoms with van der Waals surface area (Å²) in [5.41, 5.74) is 5.75. The van der Waals surface area contributed by atoms with Gasteiger partial charge in [-0.15, -0.1) is 0 Å². The van der Waals surface area contributed by atoms with E-state index < -0.39 is 0 Å². The third kappa shape index (κ3) is 3.56. The number of carbonyl (C=O) groups is 2. The summed E-state index contributed by atoms with van der Waals surface area (Å²) >= 11 is 0. The van der Waals surface area contributed by atoms with Crippen LogP contribution in [0.2, 0.25) is 0 Å². The Labute approximate surface area is 106 Å². The lowest BCUT2D eigenvalue weighted by molar-refractivity contribution is -0.121. The lowest BCUT2D eigenvalue weighted by Gasteiger charge is -2.18. The van der Waals surface area contributed by atoms with Crippen LogP contribution in [0.1, 0.15) is 17.4 Å². The summed E-state index contributed by atoms with van der Waals surface area (Å²) in [6.07, 6.45) is 3.20. The number of nitrogens with two attached hydrogens (primary N) is 1. The van der Waals surface area contributed by atoms with Gasteiger partial charge in [-0.2, -0.15) is 0 Å². The van der Waals surface area contributed by atoms with Crippen molar-refractivity contribution in [3.05, 3.63) is 18.2 Å². The summed E-state index contributed by atoms with van der Waals surface area (Å²) < 4.78 is 1.75. The molecule has 1 heterocycles. The SMILES string of the molecule is CCN(CC(=O)NC)C(=O)c1cn(CCN)cn1. The van der Waals surface area contributed by atoms with Crippen LogP contribution in [0.4, 0.5) is 0 Å². The summed E-state index contributed by atoms with van der Waals surface area (Å²) in [7, 11) is 1.54. The van der Waals surface area contributed by atoms with E-state index in [0.29, 0.717) is 25.3 Å². The fourth-order valence-electron chi connectivity index (χ4n) is 1.48. The number of imidazole rings is 1. The molecule has 1 aromatic heterocycles. The number of likely N-dealkylation sites (N-methyl/N-ethyl adjacent to an activating group) is 2. The molecule has 1 rings (SSSR count). The van der Waals surface area contributed by atoms with Crippen LogP contribution in [0.25, 0.3) is 0 Å². The first-order valence-corrected chi connectivity index (χ1v) is 5.84. The maximum atomic E-state index is 12.1. The van der Waals surface area contributed by atoms with Gasteiger partial charge < -0.3 is 20.5 Å². The van der Waals surface area contributed by atoms with E-state index in [9.17, 15) is 9.59 Å². The van der Waals surface area contributed by atoms with Gasteiger partial charge in [0.05, 0.1) is 12.9 Å². The second-order valence-electron chi connectivity index (χ2n) is 3.78. The number of hydrogen-bond acceptors (Lipinski definition) is 4. The molecule has 0 bridgehead atoms. The predicted molar refractivity (Wildman–Crippen MR) is 66.9 cm³/mol. The summed E-state index contributed by atoms with van der Waals surface area (Å²) in [6, 6.07) is 0. The van der Waals surface area contributed by atoms with E-state index >= 15 is 0 Å². The van der Waals surface area contributed by atoms with E-state index in [-0.39, 0.29) is 18.4 Å². The van der Waals surface area contributed by atoms with E-state index in [1.165, 1.54) is 11.9 Å². The highest BCUT2D eigenvalue weighted by Crippen LogP contribution is 2.02. The molecule has 1 aromatic rings. The highest BCUT2D eigenvalue weighted by molar-refractivity contribution is 5.94. The Hall–Kier alpha value is -1.89. The fraction of sp³-hybridized carbons (Fsp3) is 0.545. The van der Waals surface area contributed by atoms with Gasteiger partial charge >= 0.3 is 0 Å². The molecule has 0 radical (unpaired) electrons. The number of aromatic nitrogens is 2. The van der Waals surface area contributed by atoms with Crippen molar-refractivity contribution >= 4 is 11.8 Å². The van der Waals surface area contributed by atoms with Gasteiger partial charge in [-0.05, 0) is 6.92 Å². The lowest BCUT2D eigenvalue weighted by Crippen LogP contribution is -2.39. The third-order valence-corrected chi connectivity index (χ3v) is 2.52. The van der Waals surface area contributed by atoms with E-state index in [1.807, 2.05) is 6.92 Å². The average molecular weight is 253 g/mol. The minimum atomic E-state index is -0.253. The molecule has 3 N–H and O–H groups in total. The van der Waals surface area contributed by atoms with Crippen molar-refractivity contribution in [3.8, 4) is 0 Å². The molecule has 0 aliphatic carbocycles. The van der Waals surface area contributed by atoms with Crippen LogP contribution in [-0.4, -0.2) is 52.9 Å². The first-order valence-electron chi connectivity index (χ1n) is 5.84. The zero-order valence-corrected chi connectivity index (χ0v) is 10.7. The molecule has 0 saturated carbocycles. The number of rotatable bonds is 6. The van der Waals surface area contributed by atoms with E-state index in [4.69, 9.17) is 5.73 Å². The van der Waals surface area contributed by atoms with Crippen molar-refractivity contribution in [2.45, 2.75) is 13.5 Å². The molecule has 18 heavy (non-hydrogen) atoms. The summed E-state index contributed by atoms with van der Waals surface area (Å²) in [4.78, 5) is 28.8. The molecule has 2 amide bonds. The summed E-state index contributed by atoms with van der Waals surface area (Å²) in [5.74, 6) is -0.455. The first-order chi connectivity index (χ1) is 8.62. The van der Waals surface area contributed by atoms with Gasteiger partial charge in [0.15, 0.2) is 0 Å². The second-order valence-corrected chi connectivity index (χ2v) is 3.78. The Morgan fingerprint density at radius 2 is 2.28 bits per heavy atom. The van der Waals surface area contributed by atoms with Crippen LogP contribution >= 0.6 is 0 Å². The maximum absolute atomic E-state index is 12.1. The highest BCUT2D eigenvalue weighted by atomic mass is 16.2. The quantitative estimate of drug-likeness (QED) is 0.683. The summed E-state index contributed by atoms with van der Waals surface area (Å²) in [6.45, 7) is 3.41. The number of nitrogens with zero attached hydrogens (tertiary/aromatic N) is 3. The molecule has 7 heteroatoms. The van der Waals surface area contributed by atoms with Gasteiger partial charge in [0.1, 0.15) is 5.69 Å². The van der Waals surface area contributed by atoms with Crippen LogP contribution < -0.4 is 11.1 Å². The van der Waals surface area contributed by atoms with Gasteiger partial charge in [-0.25, -0.2) is 4.98 Å². The van der Waals surface area contributed by atoms with Crippen molar-refractivity contribution in [3.63, 3.8) is 0 Å². The number of nitrogens with one attached hydrogen (secondary N) is 1. The normalized spacial score (nSPS) is 10.2. The molecule has 0 aromatic carbocycles. The van der Waals surface area contributed by atoms with Crippen molar-refractivity contribution in [2.24, 2.45) is 5.73 Å². The maximum Gasteiger partial charge on any atom is 0.274 e. The Kier molecular flexibility index (Phi) is 5.31. The average Bonchev–Trinajstić information content (AvgIpc) is 2.83. The van der Waals surface area contributed by atoms with Crippen LogP contribution in [0.15, 0.2) is 12.5 Å². The topological polar surface area (TPSA) is 93.2 Å². The zero-order valence-electron chi connectivity index (χ0n) is 10.7. The Morgan fingerprint density at radius 1 is 1.56 bits per heavy atom. The molecule has 7 nitrogen and oxygen atoms in total. The minimum Gasteiger partial charge on any atom is -0.358 e. The van der Waals surface area contributed by atoms with Crippen molar-refractivity contribution in [1.29, 1.82) is 0 Å². The molecule has 0 saturated heterocycles. The van der Waals surface area contributed by atoms with Crippen molar-refractivity contribution in [1.82, 2.24) is 19.8 Å². The van der Waals surface area contributed by atoms with Gasteiger partial charge in [0.25, 0.3) is 5.91 Å². The van der Waals surface area contributed by atoms with Crippen molar-refractivity contribution in [2.75, 3.05) is 26.7 Å². The number of hydrogen-bond donors (Lipinski definition) is 2. The van der Waals surface area contributed by atoms with Gasteiger partial charge in [-0.1, -0.05) is 0 Å². The molecular formula is C11H19N5O2. The number of amides is 2. The smallest absolute Gasteiger partial charge is 0.274 e. The van der Waals surface area contributed by atoms with Gasteiger partial charge in [0.2, 0.25) is 5.91 Å². The molecule has 0 unspecified atom stereocenters. The van der Waals surface area contributed by atoms with Gasteiger partial charge in [-0.3, -0.25) is 9.59 Å². The number of carbonyl (C=O) groups excluding carboxylic acids is 2. The highest BCUT2D eigenvalue weighted by Gasteiger charge is 2.18. The van der Waals surface area contributed by atoms with E-state index in [0.717, 1.165) is 0 Å². The van der Waals surface area contributed by atoms with Gasteiger partial charge in [0, 0.05) is 32.9 Å². The zero-order chi connectivity index (χ0) is 13.5. The van der Waals surface area contributed by atoms with Crippen LogP contribution in [-0.2, 0) is 11.3 Å². The molecule has 0 spiro atoms. The predicted octanol–water partition coefficient (Wildman–Crippen LogP) is -0.950. The first kappa shape index (κ1) is 14.2. The van der Waals surface area contributed by atoms with Crippen molar-refractivity contribution < 1.29 is 9.59 Å². The van der Waals surface area contributed by atoms with Crippen LogP contribution in [0, 0.1) is 0 Å². The largest absolute Gasteiger partial charge is 0.358 e. The molecule has 0 aliphatic heterocycles. The summed E-state index contributed by atoms with van der Waals surface area (Å²) in [5, 5.41) is 2.49. The Balaban J connectivity index is 2.73. The van der Waals surface area contributed by atoms with Crippen LogP contribution in [0.5, 0.6) is 0 Å². The Bertz CT molecular complexity index is 415. The van der Waals surface area contributed by atoms with Crippen LogP contribution in [0.3, 0.4) is 0 Å². The minimum absolute atomic E-state index is 0.0373. The second kappa shape index (κ2) is 6.75.